The molecule has 0 aliphatic carbocycles. The van der Waals surface area contributed by atoms with Gasteiger partial charge in [0.15, 0.2) is 0 Å². The van der Waals surface area contributed by atoms with Crippen molar-refractivity contribution in [2.75, 3.05) is 0 Å². The molecule has 0 saturated heterocycles. The van der Waals surface area contributed by atoms with Gasteiger partial charge in [-0.05, 0) is 34.5 Å². The summed E-state index contributed by atoms with van der Waals surface area (Å²) < 4.78 is 5.37. The van der Waals surface area contributed by atoms with E-state index in [4.69, 9.17) is 4.74 Å². The van der Waals surface area contributed by atoms with Gasteiger partial charge < -0.3 is 4.74 Å². The molecule has 0 radical (unpaired) electrons. The van der Waals surface area contributed by atoms with Crippen molar-refractivity contribution in [2.24, 2.45) is 0 Å². The Morgan fingerprint density at radius 3 is 2.62 bits per heavy atom. The molecule has 26 heavy (non-hydrogen) atoms. The Morgan fingerprint density at radius 1 is 0.923 bits per heavy atom. The average molecular weight is 340 g/mol. The Hall–Kier alpha value is -3.53. The topological polar surface area (TPSA) is 52.1 Å². The van der Waals surface area contributed by atoms with Crippen LogP contribution >= 0.6 is 0 Å². The monoisotopic (exact) mass is 340 g/mol. The number of carbonyl (C=O) groups is 1. The molecular formula is C22H16N2O2. The second kappa shape index (κ2) is 7.15. The fourth-order valence-corrected chi connectivity index (χ4v) is 2.82. The van der Waals surface area contributed by atoms with Gasteiger partial charge in [0.1, 0.15) is 6.61 Å². The fraction of sp³-hybridized carbons (Fsp3) is 0.0455. The Balaban J connectivity index is 1.45. The van der Waals surface area contributed by atoms with Gasteiger partial charge in [-0.1, -0.05) is 54.6 Å². The number of benzene rings is 3. The van der Waals surface area contributed by atoms with Crippen LogP contribution in [0.3, 0.4) is 0 Å². The number of aromatic nitrogens is 2. The zero-order chi connectivity index (χ0) is 17.8. The lowest BCUT2D eigenvalue weighted by Crippen LogP contribution is -2.01. The van der Waals surface area contributed by atoms with E-state index in [2.05, 4.69) is 9.97 Å². The van der Waals surface area contributed by atoms with E-state index in [9.17, 15) is 4.79 Å². The van der Waals surface area contributed by atoms with Crippen molar-refractivity contribution in [3.05, 3.63) is 90.3 Å². The highest BCUT2D eigenvalue weighted by Gasteiger charge is 2.04. The van der Waals surface area contributed by atoms with Crippen LogP contribution in [0, 0.1) is 0 Å². The molecule has 0 unspecified atom stereocenters. The van der Waals surface area contributed by atoms with Crippen molar-refractivity contribution < 1.29 is 9.53 Å². The highest BCUT2D eigenvalue weighted by molar-refractivity contribution is 5.88. The summed E-state index contributed by atoms with van der Waals surface area (Å²) in [7, 11) is 0. The summed E-state index contributed by atoms with van der Waals surface area (Å²) >= 11 is 0. The minimum absolute atomic E-state index is 0.230. The molecule has 1 aromatic heterocycles. The van der Waals surface area contributed by atoms with Crippen molar-refractivity contribution in [3.63, 3.8) is 0 Å². The maximum Gasteiger partial charge on any atom is 0.331 e. The highest BCUT2D eigenvalue weighted by Crippen LogP contribution is 2.19. The predicted octanol–water partition coefficient (Wildman–Crippen LogP) is 4.54. The molecule has 0 saturated carbocycles. The van der Waals surface area contributed by atoms with Crippen molar-refractivity contribution in [1.82, 2.24) is 9.97 Å². The standard InChI is InChI=1S/C22H16N2O2/c25-22(13-12-18-14-23-20-10-3-4-11-21(20)24-18)26-15-17-8-5-7-16-6-1-2-9-19(16)17/h1-14H,15H2/b13-12+. The van der Waals surface area contributed by atoms with Gasteiger partial charge in [0.25, 0.3) is 0 Å². The van der Waals surface area contributed by atoms with Crippen LogP contribution in [-0.2, 0) is 16.1 Å². The van der Waals surface area contributed by atoms with Crippen LogP contribution in [0.4, 0.5) is 0 Å². The van der Waals surface area contributed by atoms with Crippen LogP contribution in [0.5, 0.6) is 0 Å². The molecule has 0 spiro atoms. The SMILES string of the molecule is O=C(/C=C/c1cnc2ccccc2n1)OCc1cccc2ccccc12. The van der Waals surface area contributed by atoms with E-state index in [1.165, 1.54) is 6.08 Å². The van der Waals surface area contributed by atoms with Crippen LogP contribution in [-0.4, -0.2) is 15.9 Å². The minimum atomic E-state index is -0.409. The lowest BCUT2D eigenvalue weighted by molar-refractivity contribution is -0.138. The van der Waals surface area contributed by atoms with E-state index in [-0.39, 0.29) is 6.61 Å². The normalized spacial score (nSPS) is 11.2. The van der Waals surface area contributed by atoms with Crippen LogP contribution in [0.25, 0.3) is 27.9 Å². The number of hydrogen-bond donors (Lipinski definition) is 0. The second-order valence-electron chi connectivity index (χ2n) is 5.86. The number of nitrogens with zero attached hydrogens (tertiary/aromatic N) is 2. The Kier molecular flexibility index (Phi) is 4.39. The van der Waals surface area contributed by atoms with Gasteiger partial charge in [-0.2, -0.15) is 0 Å². The summed E-state index contributed by atoms with van der Waals surface area (Å²) in [6.07, 6.45) is 4.63. The van der Waals surface area contributed by atoms with Gasteiger partial charge in [-0.15, -0.1) is 0 Å². The van der Waals surface area contributed by atoms with Crippen molar-refractivity contribution in [3.8, 4) is 0 Å². The smallest absolute Gasteiger partial charge is 0.331 e. The zero-order valence-electron chi connectivity index (χ0n) is 14.0. The molecule has 0 N–H and O–H groups in total. The molecular weight excluding hydrogens is 324 g/mol. The van der Waals surface area contributed by atoms with Gasteiger partial charge in [0.2, 0.25) is 0 Å². The molecule has 4 rings (SSSR count). The quantitative estimate of drug-likeness (QED) is 0.404. The number of hydrogen-bond acceptors (Lipinski definition) is 4. The third-order valence-electron chi connectivity index (χ3n) is 4.11. The lowest BCUT2D eigenvalue weighted by atomic mass is 10.1. The van der Waals surface area contributed by atoms with E-state index < -0.39 is 5.97 Å². The molecule has 3 aromatic carbocycles. The van der Waals surface area contributed by atoms with E-state index in [1.54, 1.807) is 12.3 Å². The number of carbonyl (C=O) groups excluding carboxylic acids is 1. The summed E-state index contributed by atoms with van der Waals surface area (Å²) in [4.78, 5) is 20.8. The summed E-state index contributed by atoms with van der Waals surface area (Å²) in [6, 6.07) is 21.6. The van der Waals surface area contributed by atoms with Gasteiger partial charge in [0, 0.05) is 6.08 Å². The van der Waals surface area contributed by atoms with Crippen molar-refractivity contribution in [2.45, 2.75) is 6.61 Å². The summed E-state index contributed by atoms with van der Waals surface area (Å²) in [5.41, 5.74) is 3.21. The maximum absolute atomic E-state index is 12.0. The van der Waals surface area contributed by atoms with Gasteiger partial charge >= 0.3 is 5.97 Å². The number of fused-ring (bicyclic) bond motifs is 2. The molecule has 0 bridgehead atoms. The molecule has 0 fully saturated rings. The van der Waals surface area contributed by atoms with E-state index in [0.29, 0.717) is 5.69 Å². The predicted molar refractivity (Wildman–Crippen MR) is 102 cm³/mol. The number of esters is 1. The van der Waals surface area contributed by atoms with Gasteiger partial charge in [-0.25, -0.2) is 9.78 Å². The molecule has 0 atom stereocenters. The van der Waals surface area contributed by atoms with Crippen molar-refractivity contribution >= 4 is 33.9 Å². The van der Waals surface area contributed by atoms with Crippen LogP contribution in [0.15, 0.2) is 79.0 Å². The molecule has 0 aliphatic heterocycles. The first-order chi connectivity index (χ1) is 12.8. The lowest BCUT2D eigenvalue weighted by Gasteiger charge is -2.06. The first-order valence-electron chi connectivity index (χ1n) is 8.33. The molecule has 0 aliphatic rings. The molecule has 0 amide bonds. The fourth-order valence-electron chi connectivity index (χ4n) is 2.82. The molecule has 126 valence electrons. The maximum atomic E-state index is 12.0. The Bertz CT molecular complexity index is 1110. The van der Waals surface area contributed by atoms with Crippen molar-refractivity contribution in [1.29, 1.82) is 0 Å². The molecule has 1 heterocycles. The second-order valence-corrected chi connectivity index (χ2v) is 5.86. The zero-order valence-corrected chi connectivity index (χ0v) is 14.0. The number of ether oxygens (including phenoxy) is 1. The van der Waals surface area contributed by atoms with E-state index in [0.717, 1.165) is 27.4 Å². The third kappa shape index (κ3) is 3.44. The third-order valence-corrected chi connectivity index (χ3v) is 4.11. The van der Waals surface area contributed by atoms with Crippen LogP contribution in [0.2, 0.25) is 0 Å². The largest absolute Gasteiger partial charge is 0.458 e. The molecule has 4 heteroatoms. The van der Waals surface area contributed by atoms with Gasteiger partial charge in [0.05, 0.1) is 22.9 Å². The Labute approximate surface area is 150 Å². The number of para-hydroxylation sites is 2. The first kappa shape index (κ1) is 16.0. The molecule has 4 aromatic rings. The van der Waals surface area contributed by atoms with Crippen LogP contribution < -0.4 is 0 Å². The van der Waals surface area contributed by atoms with Crippen LogP contribution in [0.1, 0.15) is 11.3 Å². The van der Waals surface area contributed by atoms with E-state index >= 15 is 0 Å². The first-order valence-corrected chi connectivity index (χ1v) is 8.33. The summed E-state index contributed by atoms with van der Waals surface area (Å²) in [5.74, 6) is -0.409. The Morgan fingerprint density at radius 2 is 1.69 bits per heavy atom. The average Bonchev–Trinajstić information content (AvgIpc) is 2.70. The minimum Gasteiger partial charge on any atom is -0.458 e. The molecule has 4 nitrogen and oxygen atoms in total. The van der Waals surface area contributed by atoms with Gasteiger partial charge in [-0.3, -0.25) is 4.98 Å². The van der Waals surface area contributed by atoms with E-state index in [1.807, 2.05) is 66.7 Å². The number of rotatable bonds is 4. The summed E-state index contributed by atoms with van der Waals surface area (Å²) in [6.45, 7) is 0.230. The highest BCUT2D eigenvalue weighted by atomic mass is 16.5. The summed E-state index contributed by atoms with van der Waals surface area (Å²) in [5, 5.41) is 2.22.